The van der Waals surface area contributed by atoms with Crippen LogP contribution >= 0.6 is 0 Å². The van der Waals surface area contributed by atoms with E-state index < -0.39 is 12.1 Å². The molecule has 110 valence electrons. The van der Waals surface area contributed by atoms with Gasteiger partial charge < -0.3 is 10.5 Å². The van der Waals surface area contributed by atoms with Crippen molar-refractivity contribution in [2.75, 3.05) is 6.54 Å². The molecule has 0 aliphatic heterocycles. The molecule has 0 atom stereocenters. The van der Waals surface area contributed by atoms with Crippen LogP contribution in [0.25, 0.3) is 0 Å². The zero-order valence-electron chi connectivity index (χ0n) is 10.9. The number of hydrogen-bond acceptors (Lipinski definition) is 3. The first-order valence-electron chi connectivity index (χ1n) is 6.43. The summed E-state index contributed by atoms with van der Waals surface area (Å²) in [5.41, 5.74) is 5.39. The second-order valence-corrected chi connectivity index (χ2v) is 5.20. The van der Waals surface area contributed by atoms with Crippen LogP contribution in [0, 0.1) is 5.41 Å². The minimum atomic E-state index is -4.81. The van der Waals surface area contributed by atoms with Gasteiger partial charge in [-0.05, 0) is 36.9 Å². The van der Waals surface area contributed by atoms with E-state index in [1.807, 2.05) is 0 Å². The lowest BCUT2D eigenvalue weighted by molar-refractivity contribution is -0.274. The minimum absolute atomic E-state index is 0.0375. The first-order chi connectivity index (χ1) is 9.35. The average Bonchev–Trinajstić information content (AvgIpc) is 2.32. The maximum absolute atomic E-state index is 12.3. The van der Waals surface area contributed by atoms with E-state index in [4.69, 9.17) is 5.73 Å². The second kappa shape index (κ2) is 5.44. The van der Waals surface area contributed by atoms with E-state index in [9.17, 15) is 18.0 Å². The number of halogens is 3. The first kappa shape index (κ1) is 14.8. The van der Waals surface area contributed by atoms with Crippen molar-refractivity contribution in [3.8, 4) is 5.75 Å². The molecule has 20 heavy (non-hydrogen) atoms. The van der Waals surface area contributed by atoms with E-state index in [0.717, 1.165) is 25.3 Å². The average molecular weight is 287 g/mol. The molecule has 0 bridgehead atoms. The SMILES string of the molecule is NCC1(CC(=O)c2ccccc2OC(F)(F)F)CCC1. The predicted molar refractivity (Wildman–Crippen MR) is 67.4 cm³/mol. The van der Waals surface area contributed by atoms with Crippen LogP contribution in [0.3, 0.4) is 0 Å². The fraction of sp³-hybridized carbons (Fsp3) is 0.500. The molecule has 1 aliphatic rings. The maximum Gasteiger partial charge on any atom is 0.573 e. The summed E-state index contributed by atoms with van der Waals surface area (Å²) in [6.45, 7) is 0.376. The van der Waals surface area contributed by atoms with Crippen LogP contribution in [-0.2, 0) is 0 Å². The van der Waals surface area contributed by atoms with Gasteiger partial charge in [0.05, 0.1) is 5.56 Å². The van der Waals surface area contributed by atoms with E-state index in [1.54, 1.807) is 0 Å². The highest BCUT2D eigenvalue weighted by Crippen LogP contribution is 2.44. The molecular formula is C14H16F3NO2. The van der Waals surface area contributed by atoms with Crippen LogP contribution < -0.4 is 10.5 Å². The number of Topliss-reactive ketones (excluding diaryl/α,β-unsaturated/α-hetero) is 1. The largest absolute Gasteiger partial charge is 0.573 e. The van der Waals surface area contributed by atoms with E-state index in [1.165, 1.54) is 18.2 Å². The van der Waals surface area contributed by atoms with Crippen molar-refractivity contribution < 1.29 is 22.7 Å². The van der Waals surface area contributed by atoms with E-state index >= 15 is 0 Å². The van der Waals surface area contributed by atoms with Crippen LogP contribution in [0.5, 0.6) is 5.75 Å². The Morgan fingerprint density at radius 1 is 1.30 bits per heavy atom. The summed E-state index contributed by atoms with van der Waals surface area (Å²) in [6.07, 6.45) is -1.94. The Kier molecular flexibility index (Phi) is 4.04. The summed E-state index contributed by atoms with van der Waals surface area (Å²) in [6, 6.07) is 5.43. The smallest absolute Gasteiger partial charge is 0.405 e. The molecule has 0 aromatic heterocycles. The Balaban J connectivity index is 2.17. The van der Waals surface area contributed by atoms with Crippen molar-refractivity contribution in [3.63, 3.8) is 0 Å². The molecule has 0 radical (unpaired) electrons. The lowest BCUT2D eigenvalue weighted by atomic mass is 9.65. The fourth-order valence-corrected chi connectivity index (χ4v) is 2.48. The third-order valence-electron chi connectivity index (χ3n) is 3.80. The molecule has 1 saturated carbocycles. The number of alkyl halides is 3. The summed E-state index contributed by atoms with van der Waals surface area (Å²) < 4.78 is 40.8. The Morgan fingerprint density at radius 3 is 2.45 bits per heavy atom. The van der Waals surface area contributed by atoms with Crippen LogP contribution in [0.1, 0.15) is 36.0 Å². The number of rotatable bonds is 5. The summed E-state index contributed by atoms with van der Waals surface area (Å²) in [5.74, 6) is -0.800. The Bertz CT molecular complexity index is 490. The molecule has 1 aromatic rings. The molecular weight excluding hydrogens is 271 g/mol. The lowest BCUT2D eigenvalue weighted by Gasteiger charge is -2.40. The number of nitrogens with two attached hydrogens (primary N) is 1. The minimum Gasteiger partial charge on any atom is -0.405 e. The Labute approximate surface area is 114 Å². The summed E-state index contributed by atoms with van der Waals surface area (Å²) in [7, 11) is 0. The first-order valence-corrected chi connectivity index (χ1v) is 6.43. The third-order valence-corrected chi connectivity index (χ3v) is 3.80. The molecule has 1 aromatic carbocycles. The number of hydrogen-bond donors (Lipinski definition) is 1. The topological polar surface area (TPSA) is 52.3 Å². The highest BCUT2D eigenvalue weighted by Gasteiger charge is 2.39. The molecule has 1 fully saturated rings. The van der Waals surface area contributed by atoms with Crippen LogP contribution in [-0.4, -0.2) is 18.7 Å². The number of para-hydroxylation sites is 1. The van der Waals surface area contributed by atoms with Gasteiger partial charge in [0.2, 0.25) is 0 Å². The Morgan fingerprint density at radius 2 is 1.95 bits per heavy atom. The third kappa shape index (κ3) is 3.30. The van der Waals surface area contributed by atoms with Crippen molar-refractivity contribution in [2.24, 2.45) is 11.1 Å². The van der Waals surface area contributed by atoms with Gasteiger partial charge in [0.15, 0.2) is 5.78 Å². The van der Waals surface area contributed by atoms with Gasteiger partial charge in [-0.3, -0.25) is 4.79 Å². The van der Waals surface area contributed by atoms with Gasteiger partial charge in [-0.25, -0.2) is 0 Å². The normalized spacial score (nSPS) is 17.4. The van der Waals surface area contributed by atoms with Gasteiger partial charge in [-0.15, -0.1) is 13.2 Å². The number of ketones is 1. The van der Waals surface area contributed by atoms with Crippen molar-refractivity contribution in [1.82, 2.24) is 0 Å². The van der Waals surface area contributed by atoms with Crippen LogP contribution in [0.4, 0.5) is 13.2 Å². The summed E-state index contributed by atoms with van der Waals surface area (Å²) in [4.78, 5) is 12.2. The standard InChI is InChI=1S/C14H16F3NO2/c15-14(16,17)20-12-5-2-1-4-10(12)11(19)8-13(9-18)6-3-7-13/h1-2,4-5H,3,6-9,18H2. The summed E-state index contributed by atoms with van der Waals surface area (Å²) >= 11 is 0. The molecule has 0 unspecified atom stereocenters. The number of carbonyl (C=O) groups is 1. The molecule has 1 aliphatic carbocycles. The molecule has 0 saturated heterocycles. The van der Waals surface area contributed by atoms with E-state index in [0.29, 0.717) is 6.54 Å². The monoisotopic (exact) mass is 287 g/mol. The van der Waals surface area contributed by atoms with Gasteiger partial charge in [0.1, 0.15) is 5.75 Å². The molecule has 3 nitrogen and oxygen atoms in total. The summed E-state index contributed by atoms with van der Waals surface area (Å²) in [5, 5.41) is 0. The maximum atomic E-state index is 12.3. The zero-order chi connectivity index (χ0) is 14.8. The molecule has 0 amide bonds. The fourth-order valence-electron chi connectivity index (χ4n) is 2.48. The Hall–Kier alpha value is -1.56. The van der Waals surface area contributed by atoms with Crippen molar-refractivity contribution in [3.05, 3.63) is 29.8 Å². The predicted octanol–water partition coefficient (Wildman–Crippen LogP) is 3.29. The van der Waals surface area contributed by atoms with Gasteiger partial charge in [-0.2, -0.15) is 0 Å². The lowest BCUT2D eigenvalue weighted by Crippen LogP contribution is -2.39. The molecule has 2 rings (SSSR count). The molecule has 0 spiro atoms. The molecule has 6 heteroatoms. The van der Waals surface area contributed by atoms with Gasteiger partial charge in [0.25, 0.3) is 0 Å². The number of ether oxygens (including phenoxy) is 1. The number of benzene rings is 1. The molecule has 2 N–H and O–H groups in total. The highest BCUT2D eigenvalue weighted by atomic mass is 19.4. The van der Waals surface area contributed by atoms with E-state index in [-0.39, 0.29) is 23.2 Å². The molecule has 0 heterocycles. The van der Waals surface area contributed by atoms with Gasteiger partial charge >= 0.3 is 6.36 Å². The van der Waals surface area contributed by atoms with Gasteiger partial charge in [-0.1, -0.05) is 18.6 Å². The number of carbonyl (C=O) groups excluding carboxylic acids is 1. The van der Waals surface area contributed by atoms with Gasteiger partial charge in [0, 0.05) is 6.42 Å². The van der Waals surface area contributed by atoms with Crippen molar-refractivity contribution in [2.45, 2.75) is 32.0 Å². The second-order valence-electron chi connectivity index (χ2n) is 5.20. The van der Waals surface area contributed by atoms with Crippen LogP contribution in [0.2, 0.25) is 0 Å². The van der Waals surface area contributed by atoms with E-state index in [2.05, 4.69) is 4.74 Å². The highest BCUT2D eigenvalue weighted by molar-refractivity contribution is 5.99. The van der Waals surface area contributed by atoms with Crippen molar-refractivity contribution >= 4 is 5.78 Å². The quantitative estimate of drug-likeness (QED) is 0.845. The zero-order valence-corrected chi connectivity index (χ0v) is 10.9. The van der Waals surface area contributed by atoms with Crippen LogP contribution in [0.15, 0.2) is 24.3 Å². The van der Waals surface area contributed by atoms with Crippen molar-refractivity contribution in [1.29, 1.82) is 0 Å².